The fraction of sp³-hybridized carbons (Fsp3) is 0.231. The van der Waals surface area contributed by atoms with Crippen molar-refractivity contribution in [3.05, 3.63) is 41.4 Å². The van der Waals surface area contributed by atoms with E-state index in [4.69, 9.17) is 0 Å². The van der Waals surface area contributed by atoms with Crippen LogP contribution in [0, 0.1) is 0 Å². The number of hydrogen-bond acceptors (Lipinski definition) is 5. The van der Waals surface area contributed by atoms with Gasteiger partial charge >= 0.3 is 0 Å². The third kappa shape index (κ3) is 2.85. The highest BCUT2D eigenvalue weighted by atomic mass is 32.1. The highest BCUT2D eigenvalue weighted by molar-refractivity contribution is 7.13. The Morgan fingerprint density at radius 3 is 2.47 bits per heavy atom. The van der Waals surface area contributed by atoms with E-state index in [1.807, 2.05) is 30.3 Å². The van der Waals surface area contributed by atoms with Crippen LogP contribution < -0.4 is 5.32 Å². The van der Waals surface area contributed by atoms with Crippen molar-refractivity contribution in [3.63, 3.8) is 0 Å². The summed E-state index contributed by atoms with van der Waals surface area (Å²) in [5.41, 5.74) is 1.41. The van der Waals surface area contributed by atoms with Crippen molar-refractivity contribution in [2.75, 3.05) is 5.32 Å². The van der Waals surface area contributed by atoms with Crippen LogP contribution in [0.4, 0.5) is 5.13 Å². The van der Waals surface area contributed by atoms with Crippen molar-refractivity contribution in [1.82, 2.24) is 10.2 Å². The molecule has 0 atom stereocenters. The monoisotopic (exact) mass is 275 g/mol. The number of benzene rings is 1. The number of aromatic nitrogens is 2. The molecule has 1 N–H and O–H groups in total. The van der Waals surface area contributed by atoms with Crippen molar-refractivity contribution in [2.24, 2.45) is 0 Å². The molecule has 0 saturated heterocycles. The molecule has 1 aromatic heterocycles. The van der Waals surface area contributed by atoms with Gasteiger partial charge in [-0.3, -0.25) is 14.9 Å². The van der Waals surface area contributed by atoms with Crippen LogP contribution in [0.1, 0.15) is 19.4 Å². The Morgan fingerprint density at radius 1 is 1.21 bits per heavy atom. The van der Waals surface area contributed by atoms with Gasteiger partial charge < -0.3 is 0 Å². The van der Waals surface area contributed by atoms with Gasteiger partial charge in [-0.25, -0.2) is 0 Å². The molecule has 2 aromatic rings. The lowest BCUT2D eigenvalue weighted by molar-refractivity contribution is -0.137. The Hall–Kier alpha value is -2.08. The van der Waals surface area contributed by atoms with Gasteiger partial charge in [-0.15, -0.1) is 10.2 Å². The van der Waals surface area contributed by atoms with Crippen molar-refractivity contribution < 1.29 is 9.59 Å². The minimum absolute atomic E-state index is 0.321. The summed E-state index contributed by atoms with van der Waals surface area (Å²) in [5.74, 6) is -1.18. The van der Waals surface area contributed by atoms with Crippen molar-refractivity contribution in [1.29, 1.82) is 0 Å². The first-order valence-electron chi connectivity index (χ1n) is 5.69. The number of hydrogen-bond donors (Lipinski definition) is 1. The highest BCUT2D eigenvalue weighted by Crippen LogP contribution is 2.24. The molecule has 0 spiro atoms. The molecule has 0 aliphatic carbocycles. The van der Waals surface area contributed by atoms with E-state index in [0.717, 1.165) is 5.56 Å². The molecule has 6 heteroatoms. The standard InChI is InChI=1S/C13H13N3O2S/c1-13(2,9-6-4-3-5-7-9)10(17)11(18)15-12-16-14-8-19-12/h3-8H,1-2H3,(H,15,16,18). The summed E-state index contributed by atoms with van der Waals surface area (Å²) in [4.78, 5) is 24.1. The number of amides is 1. The first-order chi connectivity index (χ1) is 9.01. The van der Waals surface area contributed by atoms with Gasteiger partial charge in [0.25, 0.3) is 5.91 Å². The van der Waals surface area contributed by atoms with Gasteiger partial charge in [0, 0.05) is 0 Å². The summed E-state index contributed by atoms with van der Waals surface area (Å²) < 4.78 is 0. The largest absolute Gasteiger partial charge is 0.294 e. The highest BCUT2D eigenvalue weighted by Gasteiger charge is 2.34. The molecule has 0 saturated carbocycles. The SMILES string of the molecule is CC(C)(C(=O)C(=O)Nc1nncs1)c1ccccc1. The maximum absolute atomic E-state index is 12.2. The van der Waals surface area contributed by atoms with E-state index in [1.54, 1.807) is 13.8 Å². The van der Waals surface area contributed by atoms with Crippen molar-refractivity contribution in [3.8, 4) is 0 Å². The number of carbonyl (C=O) groups is 2. The van der Waals surface area contributed by atoms with Gasteiger partial charge in [-0.2, -0.15) is 0 Å². The molecular weight excluding hydrogens is 262 g/mol. The molecule has 0 aliphatic heterocycles. The average Bonchev–Trinajstić information content (AvgIpc) is 2.91. The Morgan fingerprint density at radius 2 is 1.89 bits per heavy atom. The van der Waals surface area contributed by atoms with E-state index in [1.165, 1.54) is 16.8 Å². The summed E-state index contributed by atoms with van der Waals surface area (Å²) >= 11 is 1.17. The second kappa shape index (κ2) is 5.27. The van der Waals surface area contributed by atoms with E-state index in [0.29, 0.717) is 5.13 Å². The van der Waals surface area contributed by atoms with E-state index in [9.17, 15) is 9.59 Å². The van der Waals surface area contributed by atoms with Gasteiger partial charge in [0.15, 0.2) is 0 Å². The predicted molar refractivity (Wildman–Crippen MR) is 73.0 cm³/mol. The Kier molecular flexibility index (Phi) is 3.71. The Bertz CT molecular complexity index is 579. The molecule has 5 nitrogen and oxygen atoms in total. The number of Topliss-reactive ketones (excluding diaryl/α,β-unsaturated/α-hetero) is 1. The first kappa shape index (κ1) is 13.4. The molecule has 1 heterocycles. The number of nitrogens with one attached hydrogen (secondary N) is 1. The minimum Gasteiger partial charge on any atom is -0.294 e. The molecule has 2 rings (SSSR count). The van der Waals surface area contributed by atoms with Gasteiger partial charge in [0.05, 0.1) is 5.41 Å². The molecular formula is C13H13N3O2S. The van der Waals surface area contributed by atoms with Crippen LogP contribution in [0.2, 0.25) is 0 Å². The zero-order chi connectivity index (χ0) is 13.9. The molecule has 0 radical (unpaired) electrons. The number of ketones is 1. The summed E-state index contributed by atoms with van der Waals surface area (Å²) in [7, 11) is 0. The molecule has 0 bridgehead atoms. The lowest BCUT2D eigenvalue weighted by Crippen LogP contribution is -2.38. The molecule has 19 heavy (non-hydrogen) atoms. The van der Waals surface area contributed by atoms with Crippen LogP contribution in [0.15, 0.2) is 35.8 Å². The predicted octanol–water partition coefficient (Wildman–Crippen LogP) is 2.02. The molecule has 0 fully saturated rings. The lowest BCUT2D eigenvalue weighted by atomic mass is 9.80. The van der Waals surface area contributed by atoms with Crippen LogP contribution in [-0.2, 0) is 15.0 Å². The zero-order valence-corrected chi connectivity index (χ0v) is 11.4. The van der Waals surface area contributed by atoms with Gasteiger partial charge in [-0.05, 0) is 19.4 Å². The molecule has 1 aromatic carbocycles. The van der Waals surface area contributed by atoms with E-state index in [2.05, 4.69) is 15.5 Å². The third-order valence-electron chi connectivity index (χ3n) is 2.85. The normalized spacial score (nSPS) is 11.1. The van der Waals surface area contributed by atoms with Gasteiger partial charge in [0.1, 0.15) is 5.51 Å². The van der Waals surface area contributed by atoms with Crippen LogP contribution in [0.25, 0.3) is 0 Å². The first-order valence-corrected chi connectivity index (χ1v) is 6.57. The topological polar surface area (TPSA) is 72.0 Å². The number of carbonyl (C=O) groups excluding carboxylic acids is 2. The summed E-state index contributed by atoms with van der Waals surface area (Å²) in [5, 5.41) is 10.1. The van der Waals surface area contributed by atoms with Crippen LogP contribution in [0.5, 0.6) is 0 Å². The van der Waals surface area contributed by atoms with Crippen LogP contribution in [-0.4, -0.2) is 21.9 Å². The smallest absolute Gasteiger partial charge is 0.294 e. The number of rotatable bonds is 4. The molecule has 1 amide bonds. The third-order valence-corrected chi connectivity index (χ3v) is 3.46. The van der Waals surface area contributed by atoms with Crippen molar-refractivity contribution >= 4 is 28.2 Å². The molecule has 98 valence electrons. The summed E-state index contributed by atoms with van der Waals surface area (Å²) in [6, 6.07) is 9.21. The van der Waals surface area contributed by atoms with Gasteiger partial charge in [0.2, 0.25) is 10.9 Å². The maximum atomic E-state index is 12.2. The number of nitrogens with zero attached hydrogens (tertiary/aromatic N) is 2. The fourth-order valence-electron chi connectivity index (χ4n) is 1.65. The van der Waals surface area contributed by atoms with Crippen molar-refractivity contribution in [2.45, 2.75) is 19.3 Å². The molecule has 0 unspecified atom stereocenters. The Labute approximate surface area is 114 Å². The molecule has 0 aliphatic rings. The maximum Gasteiger partial charge on any atom is 0.294 e. The Balaban J connectivity index is 2.16. The van der Waals surface area contributed by atoms with E-state index in [-0.39, 0.29) is 0 Å². The van der Waals surface area contributed by atoms with E-state index >= 15 is 0 Å². The fourth-order valence-corrected chi connectivity index (χ4v) is 2.09. The average molecular weight is 275 g/mol. The lowest BCUT2D eigenvalue weighted by Gasteiger charge is -2.22. The van der Waals surface area contributed by atoms with Crippen LogP contribution >= 0.6 is 11.3 Å². The minimum atomic E-state index is -0.879. The van der Waals surface area contributed by atoms with Gasteiger partial charge in [-0.1, -0.05) is 41.7 Å². The zero-order valence-electron chi connectivity index (χ0n) is 10.6. The number of anilines is 1. The quantitative estimate of drug-likeness (QED) is 0.866. The van der Waals surface area contributed by atoms with Crippen LogP contribution in [0.3, 0.4) is 0 Å². The summed E-state index contributed by atoms with van der Waals surface area (Å²) in [6.07, 6.45) is 0. The second-order valence-electron chi connectivity index (χ2n) is 4.52. The van der Waals surface area contributed by atoms with E-state index < -0.39 is 17.1 Å². The summed E-state index contributed by atoms with van der Waals surface area (Å²) in [6.45, 7) is 3.45. The second-order valence-corrected chi connectivity index (χ2v) is 5.35.